The Balaban J connectivity index is 1.31. The Morgan fingerprint density at radius 1 is 1.33 bits per heavy atom. The topological polar surface area (TPSA) is 77.2 Å². The van der Waals surface area contributed by atoms with E-state index in [1.165, 1.54) is 24.0 Å². The summed E-state index contributed by atoms with van der Waals surface area (Å²) >= 11 is 1.56. The molecule has 1 fully saturated rings. The first-order valence-electron chi connectivity index (χ1n) is 8.63. The third-order valence-corrected chi connectivity index (χ3v) is 5.70. The molecule has 0 spiro atoms. The SMILES string of the molecule is O=C(NCCc1noc(C2CCCO2)n1)c1scc2c1CCCC2. The molecule has 0 saturated carbocycles. The van der Waals surface area contributed by atoms with Crippen LogP contribution in [-0.4, -0.2) is 29.2 Å². The second-order valence-electron chi connectivity index (χ2n) is 6.33. The van der Waals surface area contributed by atoms with Crippen LogP contribution < -0.4 is 5.32 Å². The minimum absolute atomic E-state index is 0.0194. The van der Waals surface area contributed by atoms with Crippen molar-refractivity contribution in [3.8, 4) is 0 Å². The molecule has 2 aliphatic rings. The third kappa shape index (κ3) is 3.23. The summed E-state index contributed by atoms with van der Waals surface area (Å²) in [6.07, 6.45) is 7.01. The Bertz CT molecular complexity index is 718. The lowest BCUT2D eigenvalue weighted by atomic mass is 9.94. The number of amides is 1. The molecule has 1 aliphatic carbocycles. The number of fused-ring (bicyclic) bond motifs is 1. The van der Waals surface area contributed by atoms with Gasteiger partial charge in [0.25, 0.3) is 11.8 Å². The summed E-state index contributed by atoms with van der Waals surface area (Å²) < 4.78 is 10.8. The molecule has 4 rings (SSSR count). The van der Waals surface area contributed by atoms with Gasteiger partial charge in [-0.25, -0.2) is 0 Å². The summed E-state index contributed by atoms with van der Waals surface area (Å²) in [5.74, 6) is 1.20. The number of ether oxygens (including phenoxy) is 1. The second kappa shape index (κ2) is 7.03. The Morgan fingerprint density at radius 2 is 2.25 bits per heavy atom. The van der Waals surface area contributed by atoms with Crippen molar-refractivity contribution in [1.29, 1.82) is 0 Å². The minimum atomic E-state index is -0.0570. The van der Waals surface area contributed by atoms with Gasteiger partial charge in [-0.15, -0.1) is 11.3 Å². The number of rotatable bonds is 5. The predicted octanol–water partition coefficient (Wildman–Crippen LogP) is 2.83. The van der Waals surface area contributed by atoms with Crippen LogP contribution in [0.4, 0.5) is 0 Å². The lowest BCUT2D eigenvalue weighted by Gasteiger charge is -2.12. The van der Waals surface area contributed by atoms with E-state index in [9.17, 15) is 4.79 Å². The van der Waals surface area contributed by atoms with Gasteiger partial charge in [0.2, 0.25) is 0 Å². The van der Waals surface area contributed by atoms with Crippen molar-refractivity contribution in [2.75, 3.05) is 13.2 Å². The molecule has 2 aromatic rings. The van der Waals surface area contributed by atoms with E-state index in [1.807, 2.05) is 0 Å². The molecular weight excluding hydrogens is 326 g/mol. The average Bonchev–Trinajstić information content (AvgIpc) is 3.34. The van der Waals surface area contributed by atoms with E-state index in [4.69, 9.17) is 9.26 Å². The summed E-state index contributed by atoms with van der Waals surface area (Å²) in [6, 6.07) is 0. The molecule has 0 radical (unpaired) electrons. The van der Waals surface area contributed by atoms with Crippen molar-refractivity contribution < 1.29 is 14.1 Å². The molecule has 0 aromatic carbocycles. The number of nitrogens with one attached hydrogen (secondary N) is 1. The predicted molar refractivity (Wildman–Crippen MR) is 89.2 cm³/mol. The Morgan fingerprint density at radius 3 is 3.12 bits per heavy atom. The standard InChI is InChI=1S/C17H21N3O3S/c21-16(15-12-5-2-1-4-11(12)10-24-15)18-8-7-14-19-17(23-20-14)13-6-3-9-22-13/h10,13H,1-9H2,(H,18,21). The molecule has 1 N–H and O–H groups in total. The maximum Gasteiger partial charge on any atom is 0.261 e. The van der Waals surface area contributed by atoms with Crippen LogP contribution in [0.5, 0.6) is 0 Å². The van der Waals surface area contributed by atoms with Crippen LogP contribution in [0.25, 0.3) is 0 Å². The molecular formula is C17H21N3O3S. The summed E-state index contributed by atoms with van der Waals surface area (Å²) in [5.41, 5.74) is 2.61. The van der Waals surface area contributed by atoms with E-state index in [2.05, 4.69) is 20.8 Å². The van der Waals surface area contributed by atoms with Crippen LogP contribution in [0, 0.1) is 0 Å². The first kappa shape index (κ1) is 15.8. The normalized spacial score (nSPS) is 20.1. The lowest BCUT2D eigenvalue weighted by molar-refractivity contribution is 0.0835. The number of aromatic nitrogens is 2. The molecule has 24 heavy (non-hydrogen) atoms. The number of carbonyl (C=O) groups is 1. The van der Waals surface area contributed by atoms with Crippen molar-refractivity contribution in [3.05, 3.63) is 33.1 Å². The zero-order valence-electron chi connectivity index (χ0n) is 13.5. The molecule has 0 bridgehead atoms. The number of carbonyl (C=O) groups excluding carboxylic acids is 1. The molecule has 1 unspecified atom stereocenters. The average molecular weight is 347 g/mol. The Kier molecular flexibility index (Phi) is 4.62. The highest BCUT2D eigenvalue weighted by molar-refractivity contribution is 7.12. The molecule has 128 valence electrons. The molecule has 1 atom stereocenters. The van der Waals surface area contributed by atoms with Crippen molar-refractivity contribution in [3.63, 3.8) is 0 Å². The van der Waals surface area contributed by atoms with Gasteiger partial charge in [-0.1, -0.05) is 5.16 Å². The number of thiophene rings is 1. The van der Waals surface area contributed by atoms with Gasteiger partial charge in [0.05, 0.1) is 4.88 Å². The van der Waals surface area contributed by atoms with Crippen molar-refractivity contribution in [1.82, 2.24) is 15.5 Å². The first-order chi connectivity index (χ1) is 11.8. The smallest absolute Gasteiger partial charge is 0.261 e. The van der Waals surface area contributed by atoms with E-state index in [-0.39, 0.29) is 12.0 Å². The molecule has 3 heterocycles. The maximum absolute atomic E-state index is 12.4. The largest absolute Gasteiger partial charge is 0.368 e. The molecule has 1 aliphatic heterocycles. The van der Waals surface area contributed by atoms with Crippen LogP contribution in [0.3, 0.4) is 0 Å². The highest BCUT2D eigenvalue weighted by Gasteiger charge is 2.24. The summed E-state index contributed by atoms with van der Waals surface area (Å²) in [7, 11) is 0. The van der Waals surface area contributed by atoms with Crippen LogP contribution in [0.1, 0.15) is 64.3 Å². The van der Waals surface area contributed by atoms with E-state index in [1.54, 1.807) is 11.3 Å². The fraction of sp³-hybridized carbons (Fsp3) is 0.588. The van der Waals surface area contributed by atoms with Gasteiger partial charge >= 0.3 is 0 Å². The second-order valence-corrected chi connectivity index (χ2v) is 7.21. The van der Waals surface area contributed by atoms with Gasteiger partial charge in [0.1, 0.15) is 6.10 Å². The third-order valence-electron chi connectivity index (χ3n) is 4.63. The molecule has 1 saturated heterocycles. The fourth-order valence-corrected chi connectivity index (χ4v) is 4.43. The number of hydrogen-bond donors (Lipinski definition) is 1. The van der Waals surface area contributed by atoms with Gasteiger partial charge in [0.15, 0.2) is 5.82 Å². The summed E-state index contributed by atoms with van der Waals surface area (Å²) in [6.45, 7) is 1.26. The van der Waals surface area contributed by atoms with Crippen molar-refractivity contribution in [2.24, 2.45) is 0 Å². The highest BCUT2D eigenvalue weighted by Crippen LogP contribution is 2.30. The number of nitrogens with zero attached hydrogens (tertiary/aromatic N) is 2. The highest BCUT2D eigenvalue weighted by atomic mass is 32.1. The van der Waals surface area contributed by atoms with Crippen LogP contribution in [0.15, 0.2) is 9.90 Å². The van der Waals surface area contributed by atoms with Crippen molar-refractivity contribution >= 4 is 17.2 Å². The van der Waals surface area contributed by atoms with Crippen molar-refractivity contribution in [2.45, 2.75) is 51.0 Å². The van der Waals surface area contributed by atoms with E-state index in [0.29, 0.717) is 24.7 Å². The van der Waals surface area contributed by atoms with Gasteiger partial charge in [-0.2, -0.15) is 4.98 Å². The first-order valence-corrected chi connectivity index (χ1v) is 9.51. The maximum atomic E-state index is 12.4. The van der Waals surface area contributed by atoms with Crippen LogP contribution >= 0.6 is 11.3 Å². The van der Waals surface area contributed by atoms with Crippen LogP contribution in [0.2, 0.25) is 0 Å². The number of aryl methyl sites for hydroxylation is 1. The fourth-order valence-electron chi connectivity index (χ4n) is 3.35. The summed E-state index contributed by atoms with van der Waals surface area (Å²) in [4.78, 5) is 17.6. The molecule has 2 aromatic heterocycles. The quantitative estimate of drug-likeness (QED) is 0.900. The van der Waals surface area contributed by atoms with Gasteiger partial charge in [0, 0.05) is 19.6 Å². The lowest BCUT2D eigenvalue weighted by Crippen LogP contribution is -2.26. The molecule has 1 amide bonds. The zero-order chi connectivity index (χ0) is 16.4. The molecule has 7 heteroatoms. The summed E-state index contributed by atoms with van der Waals surface area (Å²) in [5, 5.41) is 9.09. The minimum Gasteiger partial charge on any atom is -0.368 e. The number of hydrogen-bond acceptors (Lipinski definition) is 6. The Hall–Kier alpha value is -1.73. The van der Waals surface area contributed by atoms with Crippen LogP contribution in [-0.2, 0) is 24.0 Å². The van der Waals surface area contributed by atoms with E-state index in [0.717, 1.165) is 37.2 Å². The van der Waals surface area contributed by atoms with Gasteiger partial charge in [-0.3, -0.25) is 4.79 Å². The zero-order valence-corrected chi connectivity index (χ0v) is 14.4. The van der Waals surface area contributed by atoms with Gasteiger partial charge < -0.3 is 14.6 Å². The monoisotopic (exact) mass is 347 g/mol. The van der Waals surface area contributed by atoms with E-state index < -0.39 is 0 Å². The van der Waals surface area contributed by atoms with Gasteiger partial charge in [-0.05, 0) is 55.0 Å². The molecule has 6 nitrogen and oxygen atoms in total. The van der Waals surface area contributed by atoms with E-state index >= 15 is 0 Å². The Labute approximate surface area is 144 Å².